The molecule has 1 atom stereocenters. The fourth-order valence-electron chi connectivity index (χ4n) is 2.54. The lowest BCUT2D eigenvalue weighted by Gasteiger charge is -2.33. The number of nitrogens with zero attached hydrogens (tertiary/aromatic N) is 1. The van der Waals surface area contributed by atoms with Crippen LogP contribution >= 0.6 is 0 Å². The van der Waals surface area contributed by atoms with Gasteiger partial charge in [-0.15, -0.1) is 0 Å². The minimum absolute atomic E-state index is 0.0888. The topological polar surface area (TPSA) is 32.3 Å². The van der Waals surface area contributed by atoms with Crippen molar-refractivity contribution in [2.75, 3.05) is 19.6 Å². The number of rotatable bonds is 5. The largest absolute Gasteiger partial charge is 0.356 e. The molecule has 18 heavy (non-hydrogen) atoms. The normalized spacial score (nSPS) is 21.9. The highest BCUT2D eigenvalue weighted by molar-refractivity contribution is 5.76. The second kappa shape index (κ2) is 7.13. The van der Waals surface area contributed by atoms with E-state index in [0.717, 1.165) is 25.6 Å². The molecule has 1 saturated heterocycles. The molecule has 3 heteroatoms. The van der Waals surface area contributed by atoms with Crippen LogP contribution in [-0.4, -0.2) is 36.5 Å². The highest BCUT2D eigenvalue weighted by Gasteiger charge is 2.18. The zero-order chi connectivity index (χ0) is 13.6. The lowest BCUT2D eigenvalue weighted by Crippen LogP contribution is -2.39. The van der Waals surface area contributed by atoms with Crippen LogP contribution in [0.5, 0.6) is 0 Å². The third kappa shape index (κ3) is 6.39. The molecule has 1 fully saturated rings. The first-order valence-corrected chi connectivity index (χ1v) is 7.39. The Hall–Kier alpha value is -0.570. The Kier molecular flexibility index (Phi) is 6.13. The molecule has 0 radical (unpaired) electrons. The van der Waals surface area contributed by atoms with Gasteiger partial charge in [0.15, 0.2) is 0 Å². The highest BCUT2D eigenvalue weighted by Crippen LogP contribution is 2.18. The molecule has 0 spiro atoms. The number of likely N-dealkylation sites (tertiary alicyclic amines) is 1. The van der Waals surface area contributed by atoms with Gasteiger partial charge in [-0.1, -0.05) is 27.2 Å². The number of carbonyl (C=O) groups excluding carboxylic acids is 1. The van der Waals surface area contributed by atoms with Gasteiger partial charge in [-0.25, -0.2) is 0 Å². The molecule has 1 aliphatic heterocycles. The van der Waals surface area contributed by atoms with Crippen molar-refractivity contribution in [3.63, 3.8) is 0 Å². The van der Waals surface area contributed by atoms with E-state index in [-0.39, 0.29) is 11.3 Å². The van der Waals surface area contributed by atoms with Gasteiger partial charge < -0.3 is 10.2 Å². The molecule has 1 unspecified atom stereocenters. The van der Waals surface area contributed by atoms with E-state index >= 15 is 0 Å². The highest BCUT2D eigenvalue weighted by atomic mass is 16.1. The van der Waals surface area contributed by atoms with Gasteiger partial charge >= 0.3 is 0 Å². The molecule has 0 aromatic carbocycles. The van der Waals surface area contributed by atoms with Crippen LogP contribution in [-0.2, 0) is 4.79 Å². The quantitative estimate of drug-likeness (QED) is 0.765. The molecular weight excluding hydrogens is 224 g/mol. The molecule has 3 nitrogen and oxygen atoms in total. The minimum atomic E-state index is 0.0888. The predicted molar refractivity (Wildman–Crippen MR) is 76.6 cm³/mol. The third-order valence-corrected chi connectivity index (χ3v) is 3.58. The average Bonchev–Trinajstić information content (AvgIpc) is 2.24. The lowest BCUT2D eigenvalue weighted by atomic mass is 9.92. The van der Waals surface area contributed by atoms with E-state index in [1.807, 2.05) is 0 Å². The monoisotopic (exact) mass is 254 g/mol. The van der Waals surface area contributed by atoms with E-state index in [2.05, 4.69) is 37.9 Å². The molecule has 0 saturated carbocycles. The lowest BCUT2D eigenvalue weighted by molar-refractivity contribution is -0.122. The van der Waals surface area contributed by atoms with Crippen molar-refractivity contribution in [2.24, 2.45) is 5.41 Å². The van der Waals surface area contributed by atoms with Gasteiger partial charge in [0.05, 0.1) is 0 Å². The molecule has 1 amide bonds. The third-order valence-electron chi connectivity index (χ3n) is 3.58. The molecule has 1 N–H and O–H groups in total. The maximum Gasteiger partial charge on any atom is 0.220 e. The summed E-state index contributed by atoms with van der Waals surface area (Å²) in [6.45, 7) is 11.8. The molecule has 0 aromatic rings. The van der Waals surface area contributed by atoms with Crippen molar-refractivity contribution in [1.82, 2.24) is 10.2 Å². The van der Waals surface area contributed by atoms with E-state index < -0.39 is 0 Å². The predicted octanol–water partition coefficient (Wildman–Crippen LogP) is 2.80. The Morgan fingerprint density at radius 3 is 2.67 bits per heavy atom. The van der Waals surface area contributed by atoms with Crippen LogP contribution < -0.4 is 5.32 Å². The maximum absolute atomic E-state index is 11.6. The first-order valence-electron chi connectivity index (χ1n) is 7.39. The molecule has 0 aromatic heterocycles. The molecule has 1 heterocycles. The minimum Gasteiger partial charge on any atom is -0.356 e. The van der Waals surface area contributed by atoms with E-state index in [0.29, 0.717) is 6.42 Å². The van der Waals surface area contributed by atoms with Crippen LogP contribution in [0.1, 0.15) is 59.8 Å². The van der Waals surface area contributed by atoms with E-state index in [1.54, 1.807) is 0 Å². The van der Waals surface area contributed by atoms with E-state index in [9.17, 15) is 4.79 Å². The van der Waals surface area contributed by atoms with Crippen LogP contribution in [0.15, 0.2) is 0 Å². The Labute approximate surface area is 112 Å². The summed E-state index contributed by atoms with van der Waals surface area (Å²) in [6, 6.07) is 0.726. The van der Waals surface area contributed by atoms with Crippen molar-refractivity contribution in [3.8, 4) is 0 Å². The van der Waals surface area contributed by atoms with Gasteiger partial charge in [0.25, 0.3) is 0 Å². The number of piperidine rings is 1. The summed E-state index contributed by atoms with van der Waals surface area (Å²) in [5.41, 5.74) is 0.0888. The van der Waals surface area contributed by atoms with Crippen LogP contribution in [0, 0.1) is 5.41 Å². The number of carbonyl (C=O) groups is 1. The fraction of sp³-hybridized carbons (Fsp3) is 0.933. The van der Waals surface area contributed by atoms with Crippen molar-refractivity contribution in [3.05, 3.63) is 0 Å². The Morgan fingerprint density at radius 2 is 2.06 bits per heavy atom. The van der Waals surface area contributed by atoms with Gasteiger partial charge in [0.1, 0.15) is 0 Å². The summed E-state index contributed by atoms with van der Waals surface area (Å²) in [5.74, 6) is 0.189. The van der Waals surface area contributed by atoms with E-state index in [1.165, 1.54) is 25.8 Å². The molecule has 1 rings (SSSR count). The molecule has 1 aliphatic rings. The van der Waals surface area contributed by atoms with Crippen LogP contribution in [0.3, 0.4) is 0 Å². The molecular formula is C15H30N2O. The van der Waals surface area contributed by atoms with Crippen molar-refractivity contribution < 1.29 is 4.79 Å². The smallest absolute Gasteiger partial charge is 0.220 e. The molecule has 0 aliphatic carbocycles. The standard InChI is InChI=1S/C15H30N2O/c1-13-8-5-6-10-17(13)11-7-9-16-14(18)12-15(2,3)4/h13H,5-12H2,1-4H3,(H,16,18). The Balaban J connectivity index is 2.09. The maximum atomic E-state index is 11.6. The van der Waals surface area contributed by atoms with Gasteiger partial charge in [0, 0.05) is 25.6 Å². The second-order valence-electron chi connectivity index (χ2n) is 6.82. The molecule has 0 bridgehead atoms. The van der Waals surface area contributed by atoms with Gasteiger partial charge in [-0.2, -0.15) is 0 Å². The number of hydrogen-bond acceptors (Lipinski definition) is 2. The van der Waals surface area contributed by atoms with Gasteiger partial charge in [-0.3, -0.25) is 4.79 Å². The number of hydrogen-bond donors (Lipinski definition) is 1. The summed E-state index contributed by atoms with van der Waals surface area (Å²) in [6.07, 6.45) is 5.73. The van der Waals surface area contributed by atoms with Crippen molar-refractivity contribution >= 4 is 5.91 Å². The zero-order valence-electron chi connectivity index (χ0n) is 12.6. The first-order chi connectivity index (χ1) is 8.38. The summed E-state index contributed by atoms with van der Waals surface area (Å²) >= 11 is 0. The summed E-state index contributed by atoms with van der Waals surface area (Å²) in [5, 5.41) is 3.03. The van der Waals surface area contributed by atoms with Gasteiger partial charge in [0.2, 0.25) is 5.91 Å². The summed E-state index contributed by atoms with van der Waals surface area (Å²) in [7, 11) is 0. The second-order valence-corrected chi connectivity index (χ2v) is 6.82. The van der Waals surface area contributed by atoms with Crippen molar-refractivity contribution in [2.45, 2.75) is 65.8 Å². The van der Waals surface area contributed by atoms with Crippen LogP contribution in [0.25, 0.3) is 0 Å². The fourth-order valence-corrected chi connectivity index (χ4v) is 2.54. The molecule has 106 valence electrons. The van der Waals surface area contributed by atoms with E-state index in [4.69, 9.17) is 0 Å². The summed E-state index contributed by atoms with van der Waals surface area (Å²) < 4.78 is 0. The first kappa shape index (κ1) is 15.5. The zero-order valence-corrected chi connectivity index (χ0v) is 12.6. The van der Waals surface area contributed by atoms with Crippen LogP contribution in [0.4, 0.5) is 0 Å². The number of nitrogens with one attached hydrogen (secondary N) is 1. The van der Waals surface area contributed by atoms with Gasteiger partial charge in [-0.05, 0) is 38.1 Å². The Bertz CT molecular complexity index is 258. The van der Waals surface area contributed by atoms with Crippen LogP contribution in [0.2, 0.25) is 0 Å². The Morgan fingerprint density at radius 1 is 1.33 bits per heavy atom. The average molecular weight is 254 g/mol. The SMILES string of the molecule is CC1CCCCN1CCCNC(=O)CC(C)(C)C. The number of amides is 1. The van der Waals surface area contributed by atoms with Crippen molar-refractivity contribution in [1.29, 1.82) is 0 Å². The summed E-state index contributed by atoms with van der Waals surface area (Å²) in [4.78, 5) is 14.2.